The van der Waals surface area contributed by atoms with Crippen LogP contribution in [0.15, 0.2) is 17.0 Å². The molecule has 0 spiro atoms. The summed E-state index contributed by atoms with van der Waals surface area (Å²) in [6, 6.07) is 3.35. The van der Waals surface area contributed by atoms with E-state index in [1.54, 1.807) is 19.2 Å². The Labute approximate surface area is 115 Å². The lowest BCUT2D eigenvalue weighted by molar-refractivity contribution is 0.311. The number of ether oxygens (including phenoxy) is 1. The number of nitrogens with zero attached hydrogens (tertiary/aromatic N) is 2. The van der Waals surface area contributed by atoms with E-state index in [0.717, 1.165) is 31.9 Å². The van der Waals surface area contributed by atoms with Crippen LogP contribution in [0.3, 0.4) is 0 Å². The van der Waals surface area contributed by atoms with E-state index in [4.69, 9.17) is 4.74 Å². The second-order valence-electron chi connectivity index (χ2n) is 4.70. The molecule has 1 aromatic carbocycles. The summed E-state index contributed by atoms with van der Waals surface area (Å²) in [5.41, 5.74) is 1.31. The summed E-state index contributed by atoms with van der Waals surface area (Å²) in [5, 5.41) is 0. The number of benzene rings is 1. The van der Waals surface area contributed by atoms with Crippen molar-refractivity contribution in [2.45, 2.75) is 4.90 Å². The average molecular weight is 283 g/mol. The zero-order valence-electron chi connectivity index (χ0n) is 11.3. The highest BCUT2D eigenvalue weighted by molar-refractivity contribution is 7.72. The quantitative estimate of drug-likeness (QED) is 0.823. The third kappa shape index (κ3) is 3.01. The highest BCUT2D eigenvalue weighted by Gasteiger charge is 2.19. The molecule has 1 aliphatic heterocycles. The highest BCUT2D eigenvalue weighted by atomic mass is 32.2. The summed E-state index contributed by atoms with van der Waals surface area (Å²) < 4.78 is 27.8. The largest absolute Gasteiger partial charge is 0.495 e. The molecule has 0 unspecified atom stereocenters. The molecule has 0 aliphatic carbocycles. The Kier molecular flexibility index (Phi) is 4.31. The van der Waals surface area contributed by atoms with Crippen molar-refractivity contribution >= 4 is 16.4 Å². The first-order valence-electron chi connectivity index (χ1n) is 6.15. The molecule has 0 atom stereocenters. The molecule has 0 N–H and O–H groups in total. The van der Waals surface area contributed by atoms with Crippen LogP contribution in [0.5, 0.6) is 5.75 Å². The molecule has 0 bridgehead atoms. The van der Waals surface area contributed by atoms with Gasteiger partial charge >= 0.3 is 0 Å². The van der Waals surface area contributed by atoms with Crippen molar-refractivity contribution in [1.82, 2.24) is 4.90 Å². The Morgan fingerprint density at radius 3 is 2.37 bits per heavy atom. The van der Waals surface area contributed by atoms with Crippen molar-refractivity contribution in [3.63, 3.8) is 0 Å². The highest BCUT2D eigenvalue weighted by Crippen LogP contribution is 2.32. The van der Waals surface area contributed by atoms with Gasteiger partial charge in [0.15, 0.2) is 10.7 Å². The van der Waals surface area contributed by atoms with Gasteiger partial charge in [-0.15, -0.1) is 0 Å². The molecule has 1 saturated heterocycles. The maximum atomic E-state index is 11.2. The van der Waals surface area contributed by atoms with Crippen molar-refractivity contribution < 1.29 is 13.2 Å². The van der Waals surface area contributed by atoms with Crippen LogP contribution < -0.4 is 9.64 Å². The van der Waals surface area contributed by atoms with Crippen LogP contribution in [0.1, 0.15) is 5.56 Å². The van der Waals surface area contributed by atoms with Gasteiger partial charge in [-0.1, -0.05) is 0 Å². The molecule has 1 fully saturated rings. The van der Waals surface area contributed by atoms with E-state index in [9.17, 15) is 8.42 Å². The van der Waals surface area contributed by atoms with Gasteiger partial charge in [-0.25, -0.2) is 8.42 Å². The van der Waals surface area contributed by atoms with Crippen LogP contribution >= 0.6 is 0 Å². The Morgan fingerprint density at radius 1 is 1.21 bits per heavy atom. The van der Waals surface area contributed by atoms with Crippen molar-refractivity contribution in [3.8, 4) is 5.75 Å². The van der Waals surface area contributed by atoms with Crippen molar-refractivity contribution in [2.24, 2.45) is 0 Å². The molecule has 0 amide bonds. The van der Waals surface area contributed by atoms with Crippen LogP contribution in [0.2, 0.25) is 0 Å². The van der Waals surface area contributed by atoms with E-state index in [1.165, 1.54) is 0 Å². The minimum atomic E-state index is -2.64. The minimum Gasteiger partial charge on any atom is -0.495 e. The first-order valence-corrected chi connectivity index (χ1v) is 7.32. The van der Waals surface area contributed by atoms with Crippen LogP contribution in [-0.2, 0) is 10.7 Å². The smallest absolute Gasteiger partial charge is 0.168 e. The number of hydrogen-bond donors (Lipinski definition) is 1. The van der Waals surface area contributed by atoms with Gasteiger partial charge in [-0.3, -0.25) is 0 Å². The van der Waals surface area contributed by atoms with Crippen molar-refractivity contribution in [2.75, 3.05) is 45.2 Å². The maximum absolute atomic E-state index is 11.2. The lowest BCUT2D eigenvalue weighted by atomic mass is 10.1. The molecule has 1 aliphatic rings. The van der Waals surface area contributed by atoms with Crippen molar-refractivity contribution in [3.05, 3.63) is 24.6 Å². The van der Waals surface area contributed by atoms with E-state index < -0.39 is 10.7 Å². The number of hydrogen-bond acceptors (Lipinski definition) is 5. The lowest BCUT2D eigenvalue weighted by Gasteiger charge is -2.35. The van der Waals surface area contributed by atoms with E-state index in [0.29, 0.717) is 11.3 Å². The summed E-state index contributed by atoms with van der Waals surface area (Å²) in [7, 11) is 1.03. The van der Waals surface area contributed by atoms with Gasteiger partial charge in [-0.05, 0) is 31.7 Å². The molecular formula is C13H19N2O3S. The molecule has 19 heavy (non-hydrogen) atoms. The minimum absolute atomic E-state index is 0.268. The second kappa shape index (κ2) is 5.79. The van der Waals surface area contributed by atoms with Gasteiger partial charge in [0.05, 0.1) is 17.7 Å². The molecule has 105 valence electrons. The molecule has 1 aromatic rings. The molecule has 1 heterocycles. The van der Waals surface area contributed by atoms with E-state index in [1.807, 2.05) is 0 Å². The lowest BCUT2D eigenvalue weighted by Crippen LogP contribution is -2.44. The molecule has 6 heteroatoms. The van der Waals surface area contributed by atoms with Gasteiger partial charge < -0.3 is 14.5 Å². The van der Waals surface area contributed by atoms with E-state index in [-0.39, 0.29) is 4.90 Å². The third-order valence-electron chi connectivity index (χ3n) is 3.42. The van der Waals surface area contributed by atoms with Crippen LogP contribution in [0, 0.1) is 6.92 Å². The normalized spacial score (nSPS) is 16.9. The SMILES string of the molecule is [CH2]c1cc(OC)c(N2CCN(C)CC2)cc1[SH](=O)=O. The number of anilines is 1. The average Bonchev–Trinajstić information content (AvgIpc) is 2.39. The van der Waals surface area contributed by atoms with Gasteiger partial charge in [0.2, 0.25) is 0 Å². The molecule has 5 nitrogen and oxygen atoms in total. The van der Waals surface area contributed by atoms with Crippen LogP contribution in [0.25, 0.3) is 0 Å². The fourth-order valence-electron chi connectivity index (χ4n) is 2.23. The van der Waals surface area contributed by atoms with E-state index >= 15 is 0 Å². The van der Waals surface area contributed by atoms with E-state index in [2.05, 4.69) is 23.8 Å². The zero-order valence-corrected chi connectivity index (χ0v) is 12.2. The number of piperazine rings is 1. The molecule has 0 aromatic heterocycles. The number of methoxy groups -OCH3 is 1. The molecule has 0 saturated carbocycles. The summed E-state index contributed by atoms with van der Waals surface area (Å²) in [6.07, 6.45) is 0. The second-order valence-corrected chi connectivity index (χ2v) is 5.70. The number of likely N-dealkylation sites (N-methyl/N-ethyl adjacent to an activating group) is 1. The zero-order chi connectivity index (χ0) is 14.0. The topological polar surface area (TPSA) is 49.9 Å². The Balaban J connectivity index is 2.40. The Bertz CT molecular complexity index is 527. The third-order valence-corrected chi connectivity index (χ3v) is 4.23. The maximum Gasteiger partial charge on any atom is 0.168 e. The van der Waals surface area contributed by atoms with Crippen LogP contribution in [-0.4, -0.2) is 53.7 Å². The fraction of sp³-hybridized carbons (Fsp3) is 0.462. The molecule has 2 rings (SSSR count). The first kappa shape index (κ1) is 14.1. The summed E-state index contributed by atoms with van der Waals surface area (Å²) in [5.74, 6) is 0.676. The Morgan fingerprint density at radius 2 is 1.84 bits per heavy atom. The summed E-state index contributed by atoms with van der Waals surface area (Å²) in [6.45, 7) is 7.38. The molecular weight excluding hydrogens is 264 g/mol. The monoisotopic (exact) mass is 283 g/mol. The summed E-state index contributed by atoms with van der Waals surface area (Å²) >= 11 is 0. The first-order chi connectivity index (χ1) is 9.02. The Hall–Kier alpha value is -1.27. The fourth-order valence-corrected chi connectivity index (χ4v) is 2.75. The standard InChI is InChI=1S/C13H19N2O3S/c1-10-8-12(18-3)11(9-13(10)19(16)17)15-6-4-14(2)5-7-15/h8-9,19H,1,4-7H2,2-3H3. The summed E-state index contributed by atoms with van der Waals surface area (Å²) in [4.78, 5) is 4.67. The van der Waals surface area contributed by atoms with Gasteiger partial charge in [-0.2, -0.15) is 0 Å². The van der Waals surface area contributed by atoms with Crippen LogP contribution in [0.4, 0.5) is 5.69 Å². The number of thiol groups is 1. The predicted molar refractivity (Wildman–Crippen MR) is 75.7 cm³/mol. The van der Waals surface area contributed by atoms with Crippen molar-refractivity contribution in [1.29, 1.82) is 0 Å². The van der Waals surface area contributed by atoms with Gasteiger partial charge in [0.25, 0.3) is 0 Å². The number of rotatable bonds is 3. The molecule has 1 radical (unpaired) electrons. The van der Waals surface area contributed by atoms with Gasteiger partial charge in [0, 0.05) is 26.2 Å². The predicted octanol–water partition coefficient (Wildman–Crippen LogP) is 0.599. The van der Waals surface area contributed by atoms with Gasteiger partial charge in [0.1, 0.15) is 5.75 Å².